The van der Waals surface area contributed by atoms with Crippen molar-refractivity contribution in [1.29, 1.82) is 0 Å². The van der Waals surface area contributed by atoms with Gasteiger partial charge in [-0.25, -0.2) is 0 Å². The standard InChI is InChI=1S/C54H52N2O4.C5H10.C2H6/c1-6-38-25-26-48-43(33-38)40-18-8-7-9-21-47(40)56(48)50-32-35(3)30-45(54(50)58)42-20-12-15-24-52(42)60-28-16-27-59-51-23-14-11-19-41(51)44-29-34(2)31-49(53(44)57)55-37(5)36(4)39-17-10-13-22-46(39)55;1-3-5-4-2;1-2/h8-15,17-26,29-33,40,47,57-58H,6-7,16,27-28H2,1-5H3;3H,1,4-5H2,2H3;1-2H3. The average Bonchev–Trinajstić information content (AvgIpc) is 3.64. The fourth-order valence-electron chi connectivity index (χ4n) is 9.43. The zero-order valence-electron chi connectivity index (χ0n) is 40.8. The van der Waals surface area contributed by atoms with Gasteiger partial charge in [-0.05, 0) is 123 Å². The highest BCUT2D eigenvalue weighted by atomic mass is 16.5. The lowest BCUT2D eigenvalue weighted by atomic mass is 9.93. The van der Waals surface area contributed by atoms with Gasteiger partial charge in [0.2, 0.25) is 0 Å². The zero-order valence-corrected chi connectivity index (χ0v) is 40.8. The summed E-state index contributed by atoms with van der Waals surface area (Å²) in [4.78, 5) is 2.32. The Kier molecular flexibility index (Phi) is 15.8. The van der Waals surface area contributed by atoms with Crippen molar-refractivity contribution in [3.05, 3.63) is 186 Å². The Morgan fingerprint density at radius 2 is 1.24 bits per heavy atom. The molecule has 6 aromatic carbocycles. The molecule has 0 amide bonds. The first kappa shape index (κ1) is 48.0. The summed E-state index contributed by atoms with van der Waals surface area (Å²) in [7, 11) is 0. The first-order valence-corrected chi connectivity index (χ1v) is 24.2. The fraction of sp³-hybridized carbons (Fsp3) is 0.279. The van der Waals surface area contributed by atoms with E-state index in [9.17, 15) is 10.2 Å². The average molecular weight is 893 g/mol. The molecule has 1 aliphatic heterocycles. The maximum Gasteiger partial charge on any atom is 0.147 e. The Balaban J connectivity index is 0.000000894. The van der Waals surface area contributed by atoms with Crippen molar-refractivity contribution < 1.29 is 19.7 Å². The van der Waals surface area contributed by atoms with Gasteiger partial charge in [0, 0.05) is 51.4 Å². The van der Waals surface area contributed by atoms with Gasteiger partial charge in [0.15, 0.2) is 0 Å². The molecule has 67 heavy (non-hydrogen) atoms. The second kappa shape index (κ2) is 22.0. The number of fused-ring (bicyclic) bond motifs is 4. The number of rotatable bonds is 13. The van der Waals surface area contributed by atoms with Crippen molar-refractivity contribution in [3.63, 3.8) is 0 Å². The normalized spacial score (nSPS) is 14.6. The SMILES string of the molecule is C=CCCC.CC.CCc1ccc2c(c1)C1C=CCC=CC1N2c1cc(C)cc(-c2ccccc2OCCCOc2ccccc2-c2cc(C)cc(-n3c(C)c(C)c4ccccc43)c2O)c1O. The molecule has 2 heterocycles. The number of ether oxygens (including phenoxy) is 2. The number of aromatic hydroxyl groups is 2. The van der Waals surface area contributed by atoms with Gasteiger partial charge in [-0.1, -0.05) is 131 Å². The predicted molar refractivity (Wildman–Crippen MR) is 282 cm³/mol. The van der Waals surface area contributed by atoms with Crippen LogP contribution < -0.4 is 14.4 Å². The second-order valence-electron chi connectivity index (χ2n) is 17.3. The number of hydrogen-bond acceptors (Lipinski definition) is 5. The van der Waals surface area contributed by atoms with Crippen LogP contribution in [0.25, 0.3) is 38.8 Å². The van der Waals surface area contributed by atoms with Crippen LogP contribution in [0.15, 0.2) is 152 Å². The van der Waals surface area contributed by atoms with Crippen molar-refractivity contribution in [2.24, 2.45) is 0 Å². The molecule has 2 N–H and O–H groups in total. The Morgan fingerprint density at radius 3 is 1.85 bits per heavy atom. The number of unbranched alkanes of at least 4 members (excludes halogenated alkanes) is 1. The highest BCUT2D eigenvalue weighted by molar-refractivity contribution is 5.90. The van der Waals surface area contributed by atoms with Crippen LogP contribution in [0.2, 0.25) is 0 Å². The number of allylic oxidation sites excluding steroid dienone is 3. The maximum absolute atomic E-state index is 12.2. The molecule has 0 bridgehead atoms. The van der Waals surface area contributed by atoms with E-state index in [1.807, 2.05) is 92.7 Å². The molecule has 2 aliphatic rings. The van der Waals surface area contributed by atoms with E-state index in [1.54, 1.807) is 0 Å². The van der Waals surface area contributed by atoms with Crippen LogP contribution in [0.1, 0.15) is 92.8 Å². The first-order valence-electron chi connectivity index (χ1n) is 24.2. The van der Waals surface area contributed by atoms with Gasteiger partial charge in [0.05, 0.1) is 36.1 Å². The number of benzene rings is 6. The van der Waals surface area contributed by atoms with Crippen molar-refractivity contribution in [1.82, 2.24) is 4.57 Å². The van der Waals surface area contributed by atoms with E-state index in [1.165, 1.54) is 28.5 Å². The third-order valence-corrected chi connectivity index (χ3v) is 12.8. The molecule has 0 fully saturated rings. The molecule has 6 nitrogen and oxygen atoms in total. The summed E-state index contributed by atoms with van der Waals surface area (Å²) in [5, 5.41) is 25.3. The number of phenolic OH excluding ortho intramolecular Hbond substituents is 2. The minimum Gasteiger partial charge on any atom is -0.505 e. The zero-order chi connectivity index (χ0) is 47.6. The van der Waals surface area contributed by atoms with E-state index in [2.05, 4.69) is 124 Å². The van der Waals surface area contributed by atoms with Crippen molar-refractivity contribution in [2.75, 3.05) is 18.1 Å². The lowest BCUT2D eigenvalue weighted by Gasteiger charge is -2.29. The number of para-hydroxylation sites is 3. The molecular weight excluding hydrogens is 825 g/mol. The van der Waals surface area contributed by atoms with Crippen LogP contribution in [-0.2, 0) is 6.42 Å². The van der Waals surface area contributed by atoms with Gasteiger partial charge in [0.1, 0.15) is 23.0 Å². The Hall–Kier alpha value is -6.92. The first-order chi connectivity index (χ1) is 32.6. The summed E-state index contributed by atoms with van der Waals surface area (Å²) in [6.45, 7) is 21.1. The Morgan fingerprint density at radius 1 is 0.657 bits per heavy atom. The van der Waals surface area contributed by atoms with Gasteiger partial charge >= 0.3 is 0 Å². The van der Waals surface area contributed by atoms with Crippen LogP contribution in [0.4, 0.5) is 11.4 Å². The highest BCUT2D eigenvalue weighted by Gasteiger charge is 2.38. The number of aromatic nitrogens is 1. The third-order valence-electron chi connectivity index (χ3n) is 12.8. The summed E-state index contributed by atoms with van der Waals surface area (Å²) in [5.41, 5.74) is 13.9. The second-order valence-corrected chi connectivity index (χ2v) is 17.3. The number of aryl methyl sites for hydroxylation is 4. The van der Waals surface area contributed by atoms with E-state index in [0.717, 1.165) is 80.9 Å². The van der Waals surface area contributed by atoms with Crippen molar-refractivity contribution in [2.45, 2.75) is 99.5 Å². The van der Waals surface area contributed by atoms with E-state index in [4.69, 9.17) is 9.47 Å². The molecule has 0 spiro atoms. The number of anilines is 2. The molecule has 346 valence electrons. The molecule has 2 atom stereocenters. The van der Waals surface area contributed by atoms with Gasteiger partial charge in [-0.2, -0.15) is 0 Å². The molecule has 1 aliphatic carbocycles. The molecule has 2 unspecified atom stereocenters. The Labute approximate surface area is 399 Å². The molecule has 0 saturated carbocycles. The highest BCUT2D eigenvalue weighted by Crippen LogP contribution is 2.52. The minimum atomic E-state index is 0.0631. The van der Waals surface area contributed by atoms with Crippen LogP contribution in [0.5, 0.6) is 23.0 Å². The monoisotopic (exact) mass is 893 g/mol. The molecule has 6 heteroatoms. The smallest absolute Gasteiger partial charge is 0.147 e. The van der Waals surface area contributed by atoms with Gasteiger partial charge in [-0.3, -0.25) is 0 Å². The topological polar surface area (TPSA) is 67.1 Å². The molecule has 1 aromatic heterocycles. The van der Waals surface area contributed by atoms with Gasteiger partial charge < -0.3 is 29.2 Å². The van der Waals surface area contributed by atoms with E-state index < -0.39 is 0 Å². The maximum atomic E-state index is 12.2. The van der Waals surface area contributed by atoms with Crippen LogP contribution >= 0.6 is 0 Å². The van der Waals surface area contributed by atoms with Gasteiger partial charge in [-0.15, -0.1) is 6.58 Å². The quantitative estimate of drug-likeness (QED) is 0.0892. The molecule has 0 radical (unpaired) electrons. The summed E-state index contributed by atoms with van der Waals surface area (Å²) >= 11 is 0. The minimum absolute atomic E-state index is 0.0631. The summed E-state index contributed by atoms with van der Waals surface area (Å²) in [6.07, 6.45) is 15.9. The number of nitrogens with zero attached hydrogens (tertiary/aromatic N) is 2. The number of phenols is 2. The molecule has 0 saturated heterocycles. The van der Waals surface area contributed by atoms with E-state index in [0.29, 0.717) is 31.1 Å². The van der Waals surface area contributed by atoms with Crippen LogP contribution in [-0.4, -0.2) is 34.0 Å². The lowest BCUT2D eigenvalue weighted by Crippen LogP contribution is -2.27. The number of hydrogen-bond donors (Lipinski definition) is 2. The predicted octanol–water partition coefficient (Wildman–Crippen LogP) is 16.1. The summed E-state index contributed by atoms with van der Waals surface area (Å²) < 4.78 is 15.1. The largest absolute Gasteiger partial charge is 0.505 e. The third kappa shape index (κ3) is 9.95. The van der Waals surface area contributed by atoms with Crippen LogP contribution in [0.3, 0.4) is 0 Å². The van der Waals surface area contributed by atoms with Crippen molar-refractivity contribution in [3.8, 4) is 50.9 Å². The lowest BCUT2D eigenvalue weighted by molar-refractivity contribution is 0.248. The molecular formula is C61H68N2O4. The molecule has 7 aromatic rings. The Bertz CT molecular complexity index is 2900. The van der Waals surface area contributed by atoms with E-state index in [-0.39, 0.29) is 23.5 Å². The van der Waals surface area contributed by atoms with Gasteiger partial charge in [0.25, 0.3) is 0 Å². The van der Waals surface area contributed by atoms with Crippen LogP contribution in [0, 0.1) is 27.7 Å². The van der Waals surface area contributed by atoms with Crippen molar-refractivity contribution >= 4 is 22.3 Å². The fourth-order valence-corrected chi connectivity index (χ4v) is 9.43. The van der Waals surface area contributed by atoms with E-state index >= 15 is 0 Å². The summed E-state index contributed by atoms with van der Waals surface area (Å²) in [5.74, 6) is 2.06. The molecule has 9 rings (SSSR count). The summed E-state index contributed by atoms with van der Waals surface area (Å²) in [6, 6.07) is 39.2.